The maximum Gasteiger partial charge on any atom is 0.155 e. The van der Waals surface area contributed by atoms with Crippen LogP contribution in [0.5, 0.6) is 0 Å². The van der Waals surface area contributed by atoms with Crippen molar-refractivity contribution >= 4 is 0 Å². The first-order chi connectivity index (χ1) is 5.16. The average Bonchev–Trinajstić information content (AvgIpc) is 2.32. The standard InChI is InChI=1S/C6H10O5/c7-1-3(8)6-5(10)4(9)2-11-6/h2-4,6-10H,1H2/t3-,4+,6+/m1/s1. The summed E-state index contributed by atoms with van der Waals surface area (Å²) in [4.78, 5) is 0. The lowest BCUT2D eigenvalue weighted by Crippen LogP contribution is -2.34. The Bertz CT molecular complexity index is 128. The molecule has 0 bridgehead atoms. The molecule has 11 heavy (non-hydrogen) atoms. The third-order valence-electron chi connectivity index (χ3n) is 1.49. The van der Waals surface area contributed by atoms with Crippen molar-refractivity contribution in [1.82, 2.24) is 0 Å². The van der Waals surface area contributed by atoms with Crippen LogP contribution in [0, 0.1) is 12.7 Å². The van der Waals surface area contributed by atoms with Crippen LogP contribution in [-0.4, -0.2) is 45.3 Å². The maximum atomic E-state index is 9.00. The van der Waals surface area contributed by atoms with E-state index in [4.69, 9.17) is 20.4 Å². The van der Waals surface area contributed by atoms with Crippen molar-refractivity contribution in [2.75, 3.05) is 6.61 Å². The average molecular weight is 162 g/mol. The highest BCUT2D eigenvalue weighted by Gasteiger charge is 2.40. The number of rotatable bonds is 2. The molecule has 0 amide bonds. The van der Waals surface area contributed by atoms with Crippen molar-refractivity contribution in [3.8, 4) is 0 Å². The molecule has 5 nitrogen and oxygen atoms in total. The Labute approximate surface area is 63.8 Å². The molecular formula is C6H10O5. The molecule has 0 saturated carbocycles. The van der Waals surface area contributed by atoms with Crippen LogP contribution in [0.1, 0.15) is 0 Å². The summed E-state index contributed by atoms with van der Waals surface area (Å²) in [6.07, 6.45) is -3.73. The van der Waals surface area contributed by atoms with Crippen molar-refractivity contribution in [1.29, 1.82) is 0 Å². The molecule has 64 valence electrons. The second kappa shape index (κ2) is 3.46. The van der Waals surface area contributed by atoms with E-state index >= 15 is 0 Å². The monoisotopic (exact) mass is 162 g/mol. The van der Waals surface area contributed by atoms with Crippen LogP contribution < -0.4 is 0 Å². The zero-order valence-corrected chi connectivity index (χ0v) is 5.71. The predicted octanol–water partition coefficient (Wildman–Crippen LogP) is -1.83. The smallest absolute Gasteiger partial charge is 0.155 e. The highest BCUT2D eigenvalue weighted by atomic mass is 16.5. The summed E-state index contributed by atoms with van der Waals surface area (Å²) in [6.45, 7) is 0.480. The SMILES string of the molecule is OC[C@@H](O)[C@@H]1O[CH][C@H](O)[C]1O. The van der Waals surface area contributed by atoms with Gasteiger partial charge >= 0.3 is 0 Å². The van der Waals surface area contributed by atoms with Gasteiger partial charge in [0.25, 0.3) is 0 Å². The number of hydrogen-bond donors (Lipinski definition) is 4. The Balaban J connectivity index is 2.47. The number of hydrogen-bond acceptors (Lipinski definition) is 5. The quantitative estimate of drug-likeness (QED) is 0.383. The van der Waals surface area contributed by atoms with Gasteiger partial charge in [0.2, 0.25) is 0 Å². The van der Waals surface area contributed by atoms with Gasteiger partial charge < -0.3 is 25.2 Å². The van der Waals surface area contributed by atoms with Gasteiger partial charge in [0.1, 0.15) is 24.9 Å². The molecule has 0 aromatic heterocycles. The molecule has 0 spiro atoms. The van der Waals surface area contributed by atoms with Crippen LogP contribution in [-0.2, 0) is 4.74 Å². The van der Waals surface area contributed by atoms with Crippen molar-refractivity contribution in [2.45, 2.75) is 18.3 Å². The van der Waals surface area contributed by atoms with Gasteiger partial charge in [-0.1, -0.05) is 0 Å². The minimum atomic E-state index is -1.19. The van der Waals surface area contributed by atoms with Crippen molar-refractivity contribution in [3.05, 3.63) is 12.7 Å². The third kappa shape index (κ3) is 1.69. The molecule has 1 fully saturated rings. The Morgan fingerprint density at radius 2 is 2.27 bits per heavy atom. The molecular weight excluding hydrogens is 152 g/mol. The predicted molar refractivity (Wildman–Crippen MR) is 33.5 cm³/mol. The zero-order valence-electron chi connectivity index (χ0n) is 5.71. The fourth-order valence-electron chi connectivity index (χ4n) is 0.850. The Morgan fingerprint density at radius 1 is 1.64 bits per heavy atom. The molecule has 0 aromatic rings. The summed E-state index contributed by atoms with van der Waals surface area (Å²) in [5.74, 6) is 0. The van der Waals surface area contributed by atoms with Gasteiger partial charge in [0, 0.05) is 0 Å². The van der Waals surface area contributed by atoms with Gasteiger partial charge in [0.05, 0.1) is 6.61 Å². The van der Waals surface area contributed by atoms with E-state index in [-0.39, 0.29) is 6.10 Å². The number of ether oxygens (including phenoxy) is 1. The number of aliphatic hydroxyl groups is 4. The van der Waals surface area contributed by atoms with Gasteiger partial charge in [-0.2, -0.15) is 0 Å². The largest absolute Gasteiger partial charge is 0.394 e. The Hall–Kier alpha value is -0.200. The van der Waals surface area contributed by atoms with Crippen LogP contribution in [0.2, 0.25) is 0 Å². The van der Waals surface area contributed by atoms with Gasteiger partial charge in [0.15, 0.2) is 6.10 Å². The lowest BCUT2D eigenvalue weighted by atomic mass is 10.1. The van der Waals surface area contributed by atoms with E-state index in [0.29, 0.717) is 0 Å². The molecule has 1 aliphatic heterocycles. The maximum absolute atomic E-state index is 9.00. The fraction of sp³-hybridized carbons (Fsp3) is 0.667. The molecule has 1 heterocycles. The first-order valence-electron chi connectivity index (χ1n) is 3.18. The Morgan fingerprint density at radius 3 is 2.64 bits per heavy atom. The summed E-state index contributed by atoms with van der Waals surface area (Å²) in [5, 5.41) is 35.3. The zero-order chi connectivity index (χ0) is 8.43. The lowest BCUT2D eigenvalue weighted by molar-refractivity contribution is -0.0286. The van der Waals surface area contributed by atoms with Crippen LogP contribution in [0.15, 0.2) is 0 Å². The first-order valence-corrected chi connectivity index (χ1v) is 3.18. The normalized spacial score (nSPS) is 36.0. The first kappa shape index (κ1) is 8.89. The van der Waals surface area contributed by atoms with E-state index in [1.165, 1.54) is 0 Å². The van der Waals surface area contributed by atoms with E-state index in [9.17, 15) is 0 Å². The van der Waals surface area contributed by atoms with Crippen LogP contribution in [0.25, 0.3) is 0 Å². The fourth-order valence-corrected chi connectivity index (χ4v) is 0.850. The summed E-state index contributed by atoms with van der Waals surface area (Å²) in [7, 11) is 0. The summed E-state index contributed by atoms with van der Waals surface area (Å²) < 4.78 is 4.66. The molecule has 0 aromatic carbocycles. The van der Waals surface area contributed by atoms with Crippen molar-refractivity contribution in [2.24, 2.45) is 0 Å². The van der Waals surface area contributed by atoms with Crippen LogP contribution >= 0.6 is 0 Å². The molecule has 0 unspecified atom stereocenters. The molecule has 3 atom stereocenters. The highest BCUT2D eigenvalue weighted by molar-refractivity contribution is 5.06. The second-order valence-electron chi connectivity index (χ2n) is 2.31. The highest BCUT2D eigenvalue weighted by Crippen LogP contribution is 2.25. The van der Waals surface area contributed by atoms with Crippen LogP contribution in [0.3, 0.4) is 0 Å². The van der Waals surface area contributed by atoms with Crippen LogP contribution in [0.4, 0.5) is 0 Å². The minimum Gasteiger partial charge on any atom is -0.394 e. The summed E-state index contributed by atoms with van der Waals surface area (Å²) in [5.41, 5.74) is 0. The molecule has 5 heteroatoms. The molecule has 2 radical (unpaired) electrons. The molecule has 1 aliphatic rings. The van der Waals surface area contributed by atoms with Gasteiger partial charge in [-0.3, -0.25) is 0 Å². The van der Waals surface area contributed by atoms with E-state index in [1.807, 2.05) is 0 Å². The molecule has 1 rings (SSSR count). The molecule has 1 saturated heterocycles. The summed E-state index contributed by atoms with van der Waals surface area (Å²) >= 11 is 0. The van der Waals surface area contributed by atoms with Crippen molar-refractivity contribution in [3.63, 3.8) is 0 Å². The topological polar surface area (TPSA) is 90.2 Å². The van der Waals surface area contributed by atoms with E-state index in [0.717, 1.165) is 6.61 Å². The van der Waals surface area contributed by atoms with Gasteiger partial charge in [-0.25, -0.2) is 0 Å². The summed E-state index contributed by atoms with van der Waals surface area (Å²) in [6, 6.07) is 0. The van der Waals surface area contributed by atoms with E-state index in [1.54, 1.807) is 0 Å². The Kier molecular flexibility index (Phi) is 2.80. The van der Waals surface area contributed by atoms with Gasteiger partial charge in [-0.05, 0) is 0 Å². The molecule has 4 N–H and O–H groups in total. The van der Waals surface area contributed by atoms with E-state index in [2.05, 4.69) is 4.74 Å². The van der Waals surface area contributed by atoms with E-state index < -0.39 is 24.9 Å². The second-order valence-corrected chi connectivity index (χ2v) is 2.31. The minimum absolute atomic E-state index is 0.369. The van der Waals surface area contributed by atoms with Crippen molar-refractivity contribution < 1.29 is 25.2 Å². The number of aliphatic hydroxyl groups excluding tert-OH is 4. The third-order valence-corrected chi connectivity index (χ3v) is 1.49. The van der Waals surface area contributed by atoms with Gasteiger partial charge in [-0.15, -0.1) is 0 Å². The molecule has 0 aliphatic carbocycles. The lowest BCUT2D eigenvalue weighted by Gasteiger charge is -2.17.